The first kappa shape index (κ1) is 21.6. The minimum atomic E-state index is -0.200. The van der Waals surface area contributed by atoms with E-state index >= 15 is 0 Å². The van der Waals surface area contributed by atoms with Gasteiger partial charge in [-0.3, -0.25) is 4.79 Å². The molecule has 2 rings (SSSR count). The molecule has 0 aliphatic rings. The van der Waals surface area contributed by atoms with Crippen molar-refractivity contribution < 1.29 is 14.0 Å². The normalized spacial score (nSPS) is 10.9. The number of amides is 3. The van der Waals surface area contributed by atoms with Crippen LogP contribution in [0, 0.1) is 0 Å². The fraction of sp³-hybridized carbons (Fsp3) is 0.524. The van der Waals surface area contributed by atoms with Gasteiger partial charge in [0.2, 0.25) is 5.91 Å². The summed E-state index contributed by atoms with van der Waals surface area (Å²) in [5, 5.41) is 2.90. The van der Waals surface area contributed by atoms with Gasteiger partial charge in [0.05, 0.1) is 19.4 Å². The van der Waals surface area contributed by atoms with Crippen LogP contribution < -0.4 is 5.32 Å². The van der Waals surface area contributed by atoms with Crippen LogP contribution >= 0.6 is 0 Å². The predicted molar refractivity (Wildman–Crippen MR) is 109 cm³/mol. The number of hydrogen-bond acceptors (Lipinski definition) is 3. The van der Waals surface area contributed by atoms with Gasteiger partial charge in [0.15, 0.2) is 0 Å². The largest absolute Gasteiger partial charge is 0.467 e. The first-order chi connectivity index (χ1) is 13.4. The summed E-state index contributed by atoms with van der Waals surface area (Å²) in [5.74, 6) is 0.600. The number of hydrogen-bond donors (Lipinski definition) is 1. The minimum Gasteiger partial charge on any atom is -0.467 e. The Morgan fingerprint density at radius 3 is 2.57 bits per heavy atom. The van der Waals surface area contributed by atoms with Gasteiger partial charge in [-0.25, -0.2) is 4.79 Å². The third kappa shape index (κ3) is 6.18. The number of nitrogens with zero attached hydrogens (tertiary/aromatic N) is 3. The SMILES string of the molecule is CCCCNC(=O)N(CC(=O)N(Cc1ccco1)Cc1cccn1C)C(C)C. The maximum absolute atomic E-state index is 13.1. The van der Waals surface area contributed by atoms with Crippen molar-refractivity contribution in [3.05, 3.63) is 48.2 Å². The highest BCUT2D eigenvalue weighted by Crippen LogP contribution is 2.12. The molecule has 2 aromatic heterocycles. The highest BCUT2D eigenvalue weighted by atomic mass is 16.3. The summed E-state index contributed by atoms with van der Waals surface area (Å²) in [4.78, 5) is 28.9. The van der Waals surface area contributed by atoms with Gasteiger partial charge in [0.1, 0.15) is 12.3 Å². The van der Waals surface area contributed by atoms with Crippen molar-refractivity contribution in [1.29, 1.82) is 0 Å². The standard InChI is InChI=1S/C21H32N4O3/c1-5-6-11-22-21(27)25(17(2)3)16-20(26)24(15-19-10-8-13-28-19)14-18-9-7-12-23(18)4/h7-10,12-13,17H,5-6,11,14-16H2,1-4H3,(H,22,27). The topological polar surface area (TPSA) is 70.7 Å². The fourth-order valence-electron chi connectivity index (χ4n) is 2.89. The Balaban J connectivity index is 2.10. The lowest BCUT2D eigenvalue weighted by Crippen LogP contribution is -2.49. The predicted octanol–water partition coefficient (Wildman–Crippen LogP) is 3.37. The number of furan rings is 1. The van der Waals surface area contributed by atoms with Crippen molar-refractivity contribution in [1.82, 2.24) is 19.7 Å². The molecule has 0 unspecified atom stereocenters. The van der Waals surface area contributed by atoms with Crippen molar-refractivity contribution in [2.75, 3.05) is 13.1 Å². The molecule has 0 spiro atoms. The van der Waals surface area contributed by atoms with Gasteiger partial charge in [-0.1, -0.05) is 13.3 Å². The third-order valence-corrected chi connectivity index (χ3v) is 4.68. The molecular formula is C21H32N4O3. The monoisotopic (exact) mass is 388 g/mol. The molecule has 0 aliphatic carbocycles. The summed E-state index contributed by atoms with van der Waals surface area (Å²) in [6.07, 6.45) is 5.48. The maximum atomic E-state index is 13.1. The summed E-state index contributed by atoms with van der Waals surface area (Å²) in [6, 6.07) is 7.32. The van der Waals surface area contributed by atoms with Gasteiger partial charge in [-0.05, 0) is 44.5 Å². The molecule has 0 fully saturated rings. The van der Waals surface area contributed by atoms with E-state index in [1.807, 2.05) is 55.9 Å². The average Bonchev–Trinajstić information content (AvgIpc) is 3.31. The number of urea groups is 1. The zero-order valence-corrected chi connectivity index (χ0v) is 17.4. The molecular weight excluding hydrogens is 356 g/mol. The van der Waals surface area contributed by atoms with Gasteiger partial charge in [-0.2, -0.15) is 0 Å². The molecule has 7 heteroatoms. The van der Waals surface area contributed by atoms with E-state index in [0.717, 1.165) is 18.5 Å². The lowest BCUT2D eigenvalue weighted by atomic mass is 10.3. The molecule has 0 saturated carbocycles. The van der Waals surface area contributed by atoms with Crippen molar-refractivity contribution in [2.45, 2.75) is 52.7 Å². The van der Waals surface area contributed by atoms with E-state index in [1.54, 1.807) is 16.1 Å². The average molecular weight is 389 g/mol. The Morgan fingerprint density at radius 2 is 2.00 bits per heavy atom. The molecule has 28 heavy (non-hydrogen) atoms. The van der Waals surface area contributed by atoms with Gasteiger partial charge in [0.25, 0.3) is 0 Å². The van der Waals surface area contributed by atoms with Crippen LogP contribution in [0.15, 0.2) is 41.1 Å². The second-order valence-electron chi connectivity index (χ2n) is 7.25. The Bertz CT molecular complexity index is 737. The van der Waals surface area contributed by atoms with Crippen LogP contribution in [0.1, 0.15) is 45.1 Å². The third-order valence-electron chi connectivity index (χ3n) is 4.68. The lowest BCUT2D eigenvalue weighted by Gasteiger charge is -2.30. The number of nitrogens with one attached hydrogen (secondary N) is 1. The molecule has 2 aromatic rings. The van der Waals surface area contributed by atoms with E-state index in [0.29, 0.717) is 25.4 Å². The minimum absolute atomic E-state index is 0.0285. The van der Waals surface area contributed by atoms with Crippen LogP contribution in [0.25, 0.3) is 0 Å². The molecule has 0 aliphatic heterocycles. The number of aromatic nitrogens is 1. The lowest BCUT2D eigenvalue weighted by molar-refractivity contribution is -0.133. The van der Waals surface area contributed by atoms with Gasteiger partial charge < -0.3 is 24.1 Å². The van der Waals surface area contributed by atoms with E-state index in [9.17, 15) is 9.59 Å². The smallest absolute Gasteiger partial charge is 0.318 e. The van der Waals surface area contributed by atoms with Crippen LogP contribution in [0.3, 0.4) is 0 Å². The second-order valence-corrected chi connectivity index (χ2v) is 7.25. The molecule has 0 atom stereocenters. The number of rotatable bonds is 10. The molecule has 0 radical (unpaired) electrons. The summed E-state index contributed by atoms with van der Waals surface area (Å²) < 4.78 is 7.42. The molecule has 154 valence electrons. The van der Waals surface area contributed by atoms with Gasteiger partial charge >= 0.3 is 6.03 Å². The number of aryl methyl sites for hydroxylation is 1. The number of carbonyl (C=O) groups excluding carboxylic acids is 2. The van der Waals surface area contributed by atoms with Crippen molar-refractivity contribution in [3.8, 4) is 0 Å². The summed E-state index contributed by atoms with van der Waals surface area (Å²) in [7, 11) is 1.95. The highest BCUT2D eigenvalue weighted by molar-refractivity contribution is 5.84. The second kappa shape index (κ2) is 10.6. The zero-order valence-electron chi connectivity index (χ0n) is 17.4. The Hall–Kier alpha value is -2.70. The van der Waals surface area contributed by atoms with Crippen LogP contribution in [0.2, 0.25) is 0 Å². The molecule has 2 heterocycles. The summed E-state index contributed by atoms with van der Waals surface area (Å²) in [6.45, 7) is 7.37. The van der Waals surface area contributed by atoms with Crippen LogP contribution in [-0.4, -0.2) is 45.4 Å². The number of unbranched alkanes of at least 4 members (excludes halogenated alkanes) is 1. The first-order valence-corrected chi connectivity index (χ1v) is 9.87. The van der Waals surface area contributed by atoms with Gasteiger partial charge in [-0.15, -0.1) is 0 Å². The van der Waals surface area contributed by atoms with E-state index in [4.69, 9.17) is 4.42 Å². The molecule has 7 nitrogen and oxygen atoms in total. The van der Waals surface area contributed by atoms with Crippen molar-refractivity contribution in [2.24, 2.45) is 7.05 Å². The van der Waals surface area contributed by atoms with Crippen molar-refractivity contribution in [3.63, 3.8) is 0 Å². The van der Waals surface area contributed by atoms with E-state index in [2.05, 4.69) is 12.2 Å². The van der Waals surface area contributed by atoms with Crippen LogP contribution in [-0.2, 0) is 24.9 Å². The molecule has 3 amide bonds. The quantitative estimate of drug-likeness (QED) is 0.635. The van der Waals surface area contributed by atoms with Crippen molar-refractivity contribution >= 4 is 11.9 Å². The fourth-order valence-corrected chi connectivity index (χ4v) is 2.89. The molecule has 0 bridgehead atoms. The summed E-state index contributed by atoms with van der Waals surface area (Å²) >= 11 is 0. The zero-order chi connectivity index (χ0) is 20.5. The van der Waals surface area contributed by atoms with Gasteiger partial charge in [0, 0.05) is 31.5 Å². The Labute approximate surface area is 167 Å². The Morgan fingerprint density at radius 1 is 1.21 bits per heavy atom. The summed E-state index contributed by atoms with van der Waals surface area (Å²) in [5.41, 5.74) is 1.02. The molecule has 0 aromatic carbocycles. The Kier molecular flexibility index (Phi) is 8.17. The van der Waals surface area contributed by atoms with Crippen LogP contribution in [0.4, 0.5) is 4.79 Å². The van der Waals surface area contributed by atoms with E-state index in [1.165, 1.54) is 0 Å². The van der Waals surface area contributed by atoms with E-state index in [-0.39, 0.29) is 24.5 Å². The number of carbonyl (C=O) groups is 2. The molecule has 1 N–H and O–H groups in total. The maximum Gasteiger partial charge on any atom is 0.318 e. The van der Waals surface area contributed by atoms with E-state index < -0.39 is 0 Å². The van der Waals surface area contributed by atoms with Crippen LogP contribution in [0.5, 0.6) is 0 Å². The first-order valence-electron chi connectivity index (χ1n) is 9.87. The highest BCUT2D eigenvalue weighted by Gasteiger charge is 2.24. The molecule has 0 saturated heterocycles.